The minimum absolute atomic E-state index is 0.132. The van der Waals surface area contributed by atoms with Gasteiger partial charge in [0, 0.05) is 5.02 Å². The molecule has 20 heavy (non-hydrogen) atoms. The normalized spacial score (nSPS) is 13.6. The monoisotopic (exact) mass is 293 g/mol. The summed E-state index contributed by atoms with van der Waals surface area (Å²) < 4.78 is 13.7. The lowest BCUT2D eigenvalue weighted by atomic mass is 9.91. The van der Waals surface area contributed by atoms with Gasteiger partial charge >= 0.3 is 5.97 Å². The van der Waals surface area contributed by atoms with E-state index < -0.39 is 17.3 Å². The second-order valence-corrected chi connectivity index (χ2v) is 4.98. The van der Waals surface area contributed by atoms with Crippen molar-refractivity contribution >= 4 is 23.3 Å². The maximum Gasteiger partial charge on any atom is 0.333 e. The highest BCUT2D eigenvalue weighted by molar-refractivity contribution is 6.30. The van der Waals surface area contributed by atoms with Crippen LogP contribution in [0.3, 0.4) is 0 Å². The first-order valence-electron chi connectivity index (χ1n) is 5.95. The molecule has 0 saturated carbocycles. The summed E-state index contributed by atoms with van der Waals surface area (Å²) in [5.74, 6) is -1.61. The van der Waals surface area contributed by atoms with Gasteiger partial charge in [-0.3, -0.25) is 0 Å². The summed E-state index contributed by atoms with van der Waals surface area (Å²) in [6, 6.07) is 12.3. The Kier molecular flexibility index (Phi) is 3.95. The number of halogens is 2. The third-order valence-corrected chi connectivity index (χ3v) is 3.36. The summed E-state index contributed by atoms with van der Waals surface area (Å²) in [5.41, 5.74) is -0.836. The van der Waals surface area contributed by atoms with Crippen molar-refractivity contribution in [2.24, 2.45) is 0 Å². The molecule has 5 heteroatoms. The van der Waals surface area contributed by atoms with Crippen LogP contribution in [0.25, 0.3) is 0 Å². The molecule has 2 rings (SSSR count). The van der Waals surface area contributed by atoms with Gasteiger partial charge in [-0.05, 0) is 36.8 Å². The van der Waals surface area contributed by atoms with Crippen LogP contribution in [0, 0.1) is 5.82 Å². The molecule has 0 radical (unpaired) electrons. The molecule has 0 spiro atoms. The SMILES string of the molecule is CC(Nc1ccccc1F)(C(=O)O)c1ccc(Cl)cc1. The Morgan fingerprint density at radius 2 is 1.80 bits per heavy atom. The standard InChI is InChI=1S/C15H13ClFNO2/c1-15(14(19)20,10-6-8-11(16)9-7-10)18-13-5-3-2-4-12(13)17/h2-9,18H,1H3,(H,19,20). The number of anilines is 1. The molecule has 3 nitrogen and oxygen atoms in total. The third kappa shape index (κ3) is 2.75. The third-order valence-electron chi connectivity index (χ3n) is 3.11. The highest BCUT2D eigenvalue weighted by atomic mass is 35.5. The van der Waals surface area contributed by atoms with Gasteiger partial charge in [0.05, 0.1) is 5.69 Å². The molecular weight excluding hydrogens is 281 g/mol. The smallest absolute Gasteiger partial charge is 0.333 e. The summed E-state index contributed by atoms with van der Waals surface area (Å²) in [6.45, 7) is 1.48. The van der Waals surface area contributed by atoms with Gasteiger partial charge < -0.3 is 10.4 Å². The predicted molar refractivity (Wildman–Crippen MR) is 76.5 cm³/mol. The maximum absolute atomic E-state index is 13.7. The Morgan fingerprint density at radius 1 is 1.20 bits per heavy atom. The number of nitrogens with one attached hydrogen (secondary N) is 1. The number of aliphatic carboxylic acids is 1. The van der Waals surface area contributed by atoms with Gasteiger partial charge in [-0.25, -0.2) is 9.18 Å². The number of carboxylic acid groups (broad SMARTS) is 1. The fourth-order valence-electron chi connectivity index (χ4n) is 1.86. The number of rotatable bonds is 4. The average Bonchev–Trinajstić information content (AvgIpc) is 2.42. The lowest BCUT2D eigenvalue weighted by Crippen LogP contribution is -2.40. The first kappa shape index (κ1) is 14.3. The predicted octanol–water partition coefficient (Wildman–Crippen LogP) is 3.89. The van der Waals surface area contributed by atoms with E-state index in [0.29, 0.717) is 10.6 Å². The van der Waals surface area contributed by atoms with Gasteiger partial charge in [-0.2, -0.15) is 0 Å². The Bertz CT molecular complexity index is 630. The molecule has 1 unspecified atom stereocenters. The van der Waals surface area contributed by atoms with Gasteiger partial charge in [-0.1, -0.05) is 35.9 Å². The lowest BCUT2D eigenvalue weighted by molar-refractivity contribution is -0.142. The quantitative estimate of drug-likeness (QED) is 0.899. The molecule has 2 aromatic carbocycles. The first-order valence-corrected chi connectivity index (χ1v) is 6.33. The fraction of sp³-hybridized carbons (Fsp3) is 0.133. The number of carboxylic acids is 1. The van der Waals surface area contributed by atoms with Gasteiger partial charge in [-0.15, -0.1) is 0 Å². The Hall–Kier alpha value is -2.07. The Morgan fingerprint density at radius 3 is 2.35 bits per heavy atom. The topological polar surface area (TPSA) is 49.3 Å². The van der Waals surface area contributed by atoms with Crippen LogP contribution >= 0.6 is 11.6 Å². The molecule has 0 fully saturated rings. The van der Waals surface area contributed by atoms with E-state index in [1.54, 1.807) is 36.4 Å². The fourth-order valence-corrected chi connectivity index (χ4v) is 1.99. The van der Waals surface area contributed by atoms with Gasteiger partial charge in [0.2, 0.25) is 0 Å². The summed E-state index contributed by atoms with van der Waals surface area (Å²) in [4.78, 5) is 11.6. The van der Waals surface area contributed by atoms with Crippen molar-refractivity contribution < 1.29 is 14.3 Å². The molecule has 0 aromatic heterocycles. The number of hydrogen-bond donors (Lipinski definition) is 2. The molecule has 1 atom stereocenters. The summed E-state index contributed by atoms with van der Waals surface area (Å²) in [5, 5.41) is 12.7. The van der Waals surface area contributed by atoms with E-state index in [0.717, 1.165) is 0 Å². The maximum atomic E-state index is 13.7. The summed E-state index contributed by atoms with van der Waals surface area (Å²) >= 11 is 5.80. The van der Waals surface area contributed by atoms with Crippen molar-refractivity contribution in [3.8, 4) is 0 Å². The molecule has 0 aliphatic rings. The lowest BCUT2D eigenvalue weighted by Gasteiger charge is -2.28. The van der Waals surface area contributed by atoms with Crippen molar-refractivity contribution in [2.45, 2.75) is 12.5 Å². The van der Waals surface area contributed by atoms with Crippen LogP contribution < -0.4 is 5.32 Å². The molecular formula is C15H13ClFNO2. The van der Waals surface area contributed by atoms with Crippen molar-refractivity contribution in [2.75, 3.05) is 5.32 Å². The summed E-state index contributed by atoms with van der Waals surface area (Å²) in [6.07, 6.45) is 0. The zero-order valence-electron chi connectivity index (χ0n) is 10.7. The van der Waals surface area contributed by atoms with Crippen LogP contribution in [0.5, 0.6) is 0 Å². The van der Waals surface area contributed by atoms with E-state index >= 15 is 0 Å². The van der Waals surface area contributed by atoms with Crippen molar-refractivity contribution in [3.63, 3.8) is 0 Å². The Labute approximate surface area is 121 Å². The van der Waals surface area contributed by atoms with E-state index in [1.165, 1.54) is 19.1 Å². The van der Waals surface area contributed by atoms with Crippen LogP contribution in [0.15, 0.2) is 48.5 Å². The minimum Gasteiger partial charge on any atom is -0.479 e. The van der Waals surface area contributed by atoms with E-state index in [9.17, 15) is 14.3 Å². The molecule has 0 aliphatic carbocycles. The van der Waals surface area contributed by atoms with E-state index in [4.69, 9.17) is 11.6 Å². The zero-order valence-corrected chi connectivity index (χ0v) is 11.5. The Balaban J connectivity index is 2.43. The van der Waals surface area contributed by atoms with Crippen LogP contribution in [0.4, 0.5) is 10.1 Å². The first-order chi connectivity index (χ1) is 9.43. The highest BCUT2D eigenvalue weighted by Gasteiger charge is 2.35. The van der Waals surface area contributed by atoms with Crippen LogP contribution in [0.2, 0.25) is 5.02 Å². The van der Waals surface area contributed by atoms with E-state index in [1.807, 2.05) is 0 Å². The molecule has 2 N–H and O–H groups in total. The van der Waals surface area contributed by atoms with Crippen molar-refractivity contribution in [1.29, 1.82) is 0 Å². The number of hydrogen-bond acceptors (Lipinski definition) is 2. The number of carbonyl (C=O) groups is 1. The molecule has 2 aromatic rings. The number of benzene rings is 2. The van der Waals surface area contributed by atoms with Gasteiger partial charge in [0.1, 0.15) is 5.82 Å². The highest BCUT2D eigenvalue weighted by Crippen LogP contribution is 2.28. The van der Waals surface area contributed by atoms with E-state index in [2.05, 4.69) is 5.32 Å². The molecule has 104 valence electrons. The second-order valence-electron chi connectivity index (χ2n) is 4.54. The summed E-state index contributed by atoms with van der Waals surface area (Å²) in [7, 11) is 0. The van der Waals surface area contributed by atoms with Crippen LogP contribution in [-0.4, -0.2) is 11.1 Å². The molecule has 0 amide bonds. The minimum atomic E-state index is -1.45. The zero-order chi connectivity index (χ0) is 14.8. The average molecular weight is 294 g/mol. The molecule has 0 bridgehead atoms. The van der Waals surface area contributed by atoms with Gasteiger partial charge in [0.25, 0.3) is 0 Å². The second kappa shape index (κ2) is 5.51. The molecule has 0 aliphatic heterocycles. The molecule has 0 saturated heterocycles. The molecule has 0 heterocycles. The van der Waals surface area contributed by atoms with E-state index in [-0.39, 0.29) is 5.69 Å². The van der Waals surface area contributed by atoms with Crippen molar-refractivity contribution in [3.05, 3.63) is 64.9 Å². The van der Waals surface area contributed by atoms with Crippen molar-refractivity contribution in [1.82, 2.24) is 0 Å². The van der Waals surface area contributed by atoms with Gasteiger partial charge in [0.15, 0.2) is 5.54 Å². The number of para-hydroxylation sites is 1. The largest absolute Gasteiger partial charge is 0.479 e. The van der Waals surface area contributed by atoms with Crippen LogP contribution in [-0.2, 0) is 10.3 Å². The van der Waals surface area contributed by atoms with Crippen LogP contribution in [0.1, 0.15) is 12.5 Å².